The van der Waals surface area contributed by atoms with E-state index in [1.807, 2.05) is 75.4 Å². The first-order valence-electron chi connectivity index (χ1n) is 22.1. The van der Waals surface area contributed by atoms with Gasteiger partial charge in [0.2, 0.25) is 0 Å². The van der Waals surface area contributed by atoms with Crippen molar-refractivity contribution < 1.29 is 33.3 Å². The molecule has 1 aromatic heterocycles. The van der Waals surface area contributed by atoms with Crippen LogP contribution in [-0.4, -0.2) is 104 Å². The Balaban J connectivity index is 0.814. The molecule has 1 aliphatic heterocycles. The maximum absolute atomic E-state index is 13.0. The van der Waals surface area contributed by atoms with E-state index in [2.05, 4.69) is 41.8 Å². The van der Waals surface area contributed by atoms with E-state index in [0.717, 1.165) is 56.8 Å². The van der Waals surface area contributed by atoms with E-state index in [1.54, 1.807) is 12.4 Å². The first kappa shape index (κ1) is 47.5. The number of nitrogens with zero attached hydrogens (tertiary/aromatic N) is 5. The molecule has 2 fully saturated rings. The smallest absolute Gasteiger partial charge is 0.152 e. The predicted molar refractivity (Wildman–Crippen MR) is 246 cm³/mol. The number of aryl methyl sites for hydroxylation is 4. The highest BCUT2D eigenvalue weighted by atomic mass is 79.9. The van der Waals surface area contributed by atoms with Gasteiger partial charge in [0.05, 0.1) is 55.7 Å². The van der Waals surface area contributed by atoms with E-state index in [1.165, 1.54) is 12.8 Å². The minimum Gasteiger partial charge on any atom is -0.494 e. The van der Waals surface area contributed by atoms with E-state index in [4.69, 9.17) is 18.9 Å². The first-order chi connectivity index (χ1) is 30.5. The molecule has 1 saturated heterocycles. The maximum atomic E-state index is 13.0. The van der Waals surface area contributed by atoms with Gasteiger partial charge in [0.1, 0.15) is 35.8 Å². The lowest BCUT2D eigenvalue weighted by atomic mass is 10.0. The fraction of sp³-hybridized carbons (Fsp3) is 0.480. The summed E-state index contributed by atoms with van der Waals surface area (Å²) in [6, 6.07) is 19.9. The fourth-order valence-corrected chi connectivity index (χ4v) is 7.88. The van der Waals surface area contributed by atoms with Gasteiger partial charge in [-0.1, -0.05) is 28.1 Å². The molecule has 1 saturated carbocycles. The Bertz CT molecular complexity index is 2190. The average molecular weight is 923 g/mol. The highest BCUT2D eigenvalue weighted by Crippen LogP contribution is 2.32. The van der Waals surface area contributed by atoms with Crippen molar-refractivity contribution in [1.29, 1.82) is 5.26 Å². The summed E-state index contributed by atoms with van der Waals surface area (Å²) in [6.45, 7) is 11.1. The minimum absolute atomic E-state index is 0.0209. The molecule has 0 N–H and O–H groups in total. The highest BCUT2D eigenvalue weighted by Gasteiger charge is 2.26. The minimum atomic E-state index is -0.203. The van der Waals surface area contributed by atoms with Gasteiger partial charge in [0, 0.05) is 86.6 Å². The van der Waals surface area contributed by atoms with Gasteiger partial charge < -0.3 is 23.8 Å². The van der Waals surface area contributed by atoms with Crippen LogP contribution in [0.5, 0.6) is 11.5 Å². The molecule has 2 heterocycles. The number of anilines is 1. The van der Waals surface area contributed by atoms with E-state index >= 15 is 0 Å². The summed E-state index contributed by atoms with van der Waals surface area (Å²) < 4.78 is 24.9. The number of morpholine rings is 1. The SMILES string of the molecule is Cc1cnc(CC(=O)Cc2cc(Br)c(C)cc2OC[C@@H]2CN(CC(=O)CCCOCCCOc3ccc(CCC(=O)CN(CC4CC4)c4ccc(C#N)c(C)c4)cc3)CCO2)cn1. The zero-order chi connectivity index (χ0) is 44.6. The van der Waals surface area contributed by atoms with Crippen molar-refractivity contribution in [2.75, 3.05) is 70.7 Å². The van der Waals surface area contributed by atoms with Gasteiger partial charge in [-0.05, 0) is 112 Å². The fourth-order valence-electron chi connectivity index (χ4n) is 7.49. The predicted octanol–water partition coefficient (Wildman–Crippen LogP) is 7.72. The van der Waals surface area contributed by atoms with Crippen molar-refractivity contribution >= 4 is 39.0 Å². The Labute approximate surface area is 380 Å². The second kappa shape index (κ2) is 24.2. The van der Waals surface area contributed by atoms with E-state index in [-0.39, 0.29) is 36.3 Å². The number of rotatable bonds is 26. The third-order valence-electron chi connectivity index (χ3n) is 11.3. The van der Waals surface area contributed by atoms with Crippen molar-refractivity contribution in [3.05, 3.63) is 111 Å². The number of carbonyl (C=O) groups is 3. The van der Waals surface area contributed by atoms with Crippen LogP contribution in [0.1, 0.15) is 77.7 Å². The topological polar surface area (TPSA) is 144 Å². The van der Waals surface area contributed by atoms with Crippen LogP contribution in [0.3, 0.4) is 0 Å². The number of hydrogen-bond donors (Lipinski definition) is 0. The summed E-state index contributed by atoms with van der Waals surface area (Å²) >= 11 is 3.59. The summed E-state index contributed by atoms with van der Waals surface area (Å²) in [6.07, 6.45) is 8.91. The summed E-state index contributed by atoms with van der Waals surface area (Å²) in [5.41, 5.74) is 6.94. The van der Waals surface area contributed by atoms with E-state index in [0.29, 0.717) is 108 Å². The molecule has 0 bridgehead atoms. The Hall–Kier alpha value is -5.00. The zero-order valence-corrected chi connectivity index (χ0v) is 38.5. The van der Waals surface area contributed by atoms with E-state index < -0.39 is 0 Å². The van der Waals surface area contributed by atoms with Gasteiger partial charge >= 0.3 is 0 Å². The van der Waals surface area contributed by atoms with Gasteiger partial charge in [-0.15, -0.1) is 0 Å². The van der Waals surface area contributed by atoms with Crippen molar-refractivity contribution in [1.82, 2.24) is 14.9 Å². The van der Waals surface area contributed by atoms with Crippen LogP contribution in [0, 0.1) is 38.0 Å². The van der Waals surface area contributed by atoms with Crippen molar-refractivity contribution in [2.24, 2.45) is 5.92 Å². The Morgan fingerprint density at radius 3 is 2.44 bits per heavy atom. The molecular formula is C50H60BrN5O7. The molecule has 0 amide bonds. The molecule has 0 unspecified atom stereocenters. The number of ketones is 3. The number of ether oxygens (including phenoxy) is 4. The molecule has 6 rings (SSSR count). The molecule has 12 nitrogen and oxygen atoms in total. The lowest BCUT2D eigenvalue weighted by molar-refractivity contribution is -0.123. The maximum Gasteiger partial charge on any atom is 0.152 e. The number of benzene rings is 3. The Morgan fingerprint density at radius 2 is 1.70 bits per heavy atom. The summed E-state index contributed by atoms with van der Waals surface area (Å²) in [5.74, 6) is 2.47. The molecule has 0 spiro atoms. The van der Waals surface area contributed by atoms with Crippen LogP contribution in [0.2, 0.25) is 0 Å². The van der Waals surface area contributed by atoms with Crippen LogP contribution >= 0.6 is 15.9 Å². The largest absolute Gasteiger partial charge is 0.494 e. The number of hydrogen-bond acceptors (Lipinski definition) is 12. The normalized spacial score (nSPS) is 15.1. The lowest BCUT2D eigenvalue weighted by Gasteiger charge is -2.32. The number of nitriles is 1. The first-order valence-corrected chi connectivity index (χ1v) is 22.9. The van der Waals surface area contributed by atoms with Gasteiger partial charge in [-0.25, -0.2) is 0 Å². The molecule has 1 aliphatic carbocycles. The Morgan fingerprint density at radius 1 is 0.889 bits per heavy atom. The molecular weight excluding hydrogens is 862 g/mol. The van der Waals surface area contributed by atoms with Crippen LogP contribution in [0.25, 0.3) is 0 Å². The second-order valence-corrected chi connectivity index (χ2v) is 17.7. The van der Waals surface area contributed by atoms with Gasteiger partial charge in [0.25, 0.3) is 0 Å². The Kier molecular flexibility index (Phi) is 18.2. The van der Waals surface area contributed by atoms with Gasteiger partial charge in [-0.2, -0.15) is 5.26 Å². The van der Waals surface area contributed by atoms with Crippen molar-refractivity contribution in [3.8, 4) is 17.6 Å². The molecule has 1 atom stereocenters. The van der Waals surface area contributed by atoms with Crippen LogP contribution < -0.4 is 14.4 Å². The third kappa shape index (κ3) is 15.9. The van der Waals surface area contributed by atoms with Crippen LogP contribution in [0.15, 0.2) is 71.5 Å². The highest BCUT2D eigenvalue weighted by molar-refractivity contribution is 9.10. The zero-order valence-electron chi connectivity index (χ0n) is 36.9. The molecule has 63 heavy (non-hydrogen) atoms. The quantitative estimate of drug-likeness (QED) is 0.0569. The van der Waals surface area contributed by atoms with Crippen molar-refractivity contribution in [3.63, 3.8) is 0 Å². The van der Waals surface area contributed by atoms with Crippen LogP contribution in [-0.2, 0) is 43.1 Å². The number of carbonyl (C=O) groups excluding carboxylic acids is 3. The molecule has 0 radical (unpaired) electrons. The number of halogens is 1. The number of aromatic nitrogens is 2. The second-order valence-electron chi connectivity index (χ2n) is 16.9. The standard InChI is InChI=1S/C50H60BrN5O7/c1-35-22-43(13-12-40(35)27-52)56(30-39-7-8-39)32-45(58)14-9-38-10-15-47(16-11-38)61-20-5-19-60-18-4-6-44(57)31-55-17-21-62-48(33-55)34-63-50-23-36(2)49(51)25-41(50)24-46(59)26-42-29-53-37(3)28-54-42/h10-13,15-16,22-23,25,28-29,39,48H,4-9,14,17-21,24,26,30-34H2,1-3H3/t48-/m0/s1. The van der Waals surface area contributed by atoms with Gasteiger partial charge in [-0.3, -0.25) is 29.3 Å². The van der Waals surface area contributed by atoms with Crippen LogP contribution in [0.4, 0.5) is 5.69 Å². The molecule has 334 valence electrons. The van der Waals surface area contributed by atoms with Crippen molar-refractivity contribution in [2.45, 2.75) is 84.7 Å². The third-order valence-corrected chi connectivity index (χ3v) is 12.1. The average Bonchev–Trinajstić information content (AvgIpc) is 4.10. The monoisotopic (exact) mass is 921 g/mol. The molecule has 4 aromatic rings. The molecule has 13 heteroatoms. The van der Waals surface area contributed by atoms with E-state index in [9.17, 15) is 19.6 Å². The van der Waals surface area contributed by atoms with Gasteiger partial charge in [0.15, 0.2) is 5.78 Å². The number of Topliss-reactive ketones (excluding diaryl/α,β-unsaturated/α-hetero) is 3. The summed E-state index contributed by atoms with van der Waals surface area (Å²) in [4.78, 5) is 51.7. The summed E-state index contributed by atoms with van der Waals surface area (Å²) in [7, 11) is 0. The summed E-state index contributed by atoms with van der Waals surface area (Å²) in [5, 5.41) is 9.31. The molecule has 3 aromatic carbocycles. The lowest BCUT2D eigenvalue weighted by Crippen LogP contribution is -2.46. The molecule has 2 aliphatic rings.